The molecule has 4 heteroatoms. The number of hydrogen-bond acceptors (Lipinski definition) is 3. The summed E-state index contributed by atoms with van der Waals surface area (Å²) in [7, 11) is 0. The number of carbonyl (C=O) groups is 1. The molecule has 0 spiro atoms. The lowest BCUT2D eigenvalue weighted by Gasteiger charge is -2.36. The maximum absolute atomic E-state index is 13.1. The van der Waals surface area contributed by atoms with Crippen molar-refractivity contribution in [2.45, 2.75) is 32.9 Å². The van der Waals surface area contributed by atoms with Crippen molar-refractivity contribution in [2.75, 3.05) is 11.4 Å². The first-order valence-electron chi connectivity index (χ1n) is 7.88. The lowest BCUT2D eigenvalue weighted by Crippen LogP contribution is -2.39. The molecule has 120 valence electrons. The van der Waals surface area contributed by atoms with E-state index < -0.39 is 0 Å². The van der Waals surface area contributed by atoms with E-state index in [-0.39, 0.29) is 17.7 Å². The number of rotatable bonds is 4. The van der Waals surface area contributed by atoms with E-state index in [0.717, 1.165) is 30.0 Å². The van der Waals surface area contributed by atoms with Gasteiger partial charge in [-0.25, -0.2) is 4.39 Å². The molecule has 0 fully saturated rings. The van der Waals surface area contributed by atoms with Crippen molar-refractivity contribution in [3.8, 4) is 5.75 Å². The molecule has 0 saturated heterocycles. The third-order valence-corrected chi connectivity index (χ3v) is 4.17. The highest BCUT2D eigenvalue weighted by atomic mass is 19.1. The Labute approximate surface area is 135 Å². The van der Waals surface area contributed by atoms with Crippen LogP contribution in [-0.4, -0.2) is 18.4 Å². The first-order valence-corrected chi connectivity index (χ1v) is 7.88. The van der Waals surface area contributed by atoms with E-state index in [9.17, 15) is 9.18 Å². The molecule has 0 aromatic heterocycles. The summed E-state index contributed by atoms with van der Waals surface area (Å²) in [4.78, 5) is 13.9. The van der Waals surface area contributed by atoms with Gasteiger partial charge in [0.1, 0.15) is 17.7 Å². The summed E-state index contributed by atoms with van der Waals surface area (Å²) in [6.45, 7) is 5.07. The molecule has 1 atom stereocenters. The highest BCUT2D eigenvalue weighted by Gasteiger charge is 2.25. The smallest absolute Gasteiger partial charge is 0.159 e. The minimum absolute atomic E-state index is 0.0344. The van der Waals surface area contributed by atoms with Gasteiger partial charge < -0.3 is 9.64 Å². The van der Waals surface area contributed by atoms with Crippen molar-refractivity contribution in [1.29, 1.82) is 0 Å². The van der Waals surface area contributed by atoms with Crippen LogP contribution in [0.2, 0.25) is 0 Å². The van der Waals surface area contributed by atoms with Gasteiger partial charge in [0.25, 0.3) is 0 Å². The molecule has 3 nitrogen and oxygen atoms in total. The molecule has 0 aliphatic carbocycles. The predicted molar refractivity (Wildman–Crippen MR) is 88.6 cm³/mol. The number of halogens is 1. The third-order valence-electron chi connectivity index (χ3n) is 4.17. The SMILES string of the molecule is CCC1CN(Cc2ccc(F)cc2)c2cc(C(C)=O)ccc2O1. The second kappa shape index (κ2) is 6.41. The van der Waals surface area contributed by atoms with E-state index in [1.807, 2.05) is 12.1 Å². The maximum Gasteiger partial charge on any atom is 0.159 e. The molecule has 1 heterocycles. The quantitative estimate of drug-likeness (QED) is 0.792. The van der Waals surface area contributed by atoms with Gasteiger partial charge in [-0.15, -0.1) is 0 Å². The maximum atomic E-state index is 13.1. The average molecular weight is 313 g/mol. The lowest BCUT2D eigenvalue weighted by molar-refractivity contribution is 0.101. The number of hydrogen-bond donors (Lipinski definition) is 0. The second-order valence-electron chi connectivity index (χ2n) is 5.89. The summed E-state index contributed by atoms with van der Waals surface area (Å²) < 4.78 is 19.1. The van der Waals surface area contributed by atoms with Gasteiger partial charge in [-0.3, -0.25) is 4.79 Å². The van der Waals surface area contributed by atoms with E-state index >= 15 is 0 Å². The van der Waals surface area contributed by atoms with Gasteiger partial charge in [0.05, 0.1) is 12.2 Å². The normalized spacial score (nSPS) is 16.7. The van der Waals surface area contributed by atoms with Crippen LogP contribution in [0, 0.1) is 5.82 Å². The molecular formula is C19H20FNO2. The summed E-state index contributed by atoms with van der Waals surface area (Å²) in [6.07, 6.45) is 1.03. The van der Waals surface area contributed by atoms with Gasteiger partial charge >= 0.3 is 0 Å². The molecule has 2 aromatic rings. The van der Waals surface area contributed by atoms with Crippen molar-refractivity contribution in [1.82, 2.24) is 0 Å². The summed E-state index contributed by atoms with van der Waals surface area (Å²) in [5.74, 6) is 0.601. The third kappa shape index (κ3) is 3.36. The van der Waals surface area contributed by atoms with Gasteiger partial charge in [-0.1, -0.05) is 19.1 Å². The number of Topliss-reactive ketones (excluding diaryl/α,β-unsaturated/α-hetero) is 1. The monoisotopic (exact) mass is 313 g/mol. The Bertz CT molecular complexity index is 712. The van der Waals surface area contributed by atoms with E-state index in [1.54, 1.807) is 25.1 Å². The Balaban J connectivity index is 1.94. The van der Waals surface area contributed by atoms with Crippen molar-refractivity contribution in [3.63, 3.8) is 0 Å². The van der Waals surface area contributed by atoms with E-state index in [4.69, 9.17) is 4.74 Å². The Morgan fingerprint density at radius 2 is 2.00 bits per heavy atom. The topological polar surface area (TPSA) is 29.5 Å². The zero-order valence-corrected chi connectivity index (χ0v) is 13.4. The Morgan fingerprint density at radius 3 is 2.65 bits per heavy atom. The van der Waals surface area contributed by atoms with Gasteiger partial charge in [0.15, 0.2) is 5.78 Å². The standard InChI is InChI=1S/C19H20FNO2/c1-3-17-12-21(11-14-4-7-16(20)8-5-14)18-10-15(13(2)22)6-9-19(18)23-17/h4-10,17H,3,11-12H2,1-2H3. The summed E-state index contributed by atoms with van der Waals surface area (Å²) in [5, 5.41) is 0. The Hall–Kier alpha value is -2.36. The molecular weight excluding hydrogens is 293 g/mol. The summed E-state index contributed by atoms with van der Waals surface area (Å²) >= 11 is 0. The predicted octanol–water partition coefficient (Wildman–Crippen LogP) is 4.21. The van der Waals surface area contributed by atoms with Crippen LogP contribution >= 0.6 is 0 Å². The van der Waals surface area contributed by atoms with E-state index in [0.29, 0.717) is 12.1 Å². The fourth-order valence-electron chi connectivity index (χ4n) is 2.82. The van der Waals surface area contributed by atoms with Crippen molar-refractivity contribution in [2.24, 2.45) is 0 Å². The molecule has 0 amide bonds. The molecule has 3 rings (SSSR count). The van der Waals surface area contributed by atoms with Crippen LogP contribution in [0.3, 0.4) is 0 Å². The van der Waals surface area contributed by atoms with Crippen LogP contribution in [0.1, 0.15) is 36.2 Å². The van der Waals surface area contributed by atoms with Crippen LogP contribution in [0.15, 0.2) is 42.5 Å². The largest absolute Gasteiger partial charge is 0.486 e. The van der Waals surface area contributed by atoms with Crippen LogP contribution in [0.25, 0.3) is 0 Å². The number of carbonyl (C=O) groups excluding carboxylic acids is 1. The molecule has 1 unspecified atom stereocenters. The molecule has 0 N–H and O–H groups in total. The molecule has 0 radical (unpaired) electrons. The number of ketones is 1. The molecule has 0 saturated carbocycles. The average Bonchev–Trinajstić information content (AvgIpc) is 2.56. The van der Waals surface area contributed by atoms with Crippen molar-refractivity contribution >= 4 is 11.5 Å². The zero-order chi connectivity index (χ0) is 16.4. The molecule has 1 aliphatic rings. The Morgan fingerprint density at radius 1 is 1.26 bits per heavy atom. The van der Waals surface area contributed by atoms with Crippen molar-refractivity contribution < 1.29 is 13.9 Å². The van der Waals surface area contributed by atoms with Gasteiger partial charge in [-0.2, -0.15) is 0 Å². The fourth-order valence-corrected chi connectivity index (χ4v) is 2.82. The zero-order valence-electron chi connectivity index (χ0n) is 13.4. The minimum Gasteiger partial charge on any atom is -0.486 e. The van der Waals surface area contributed by atoms with Crippen molar-refractivity contribution in [3.05, 3.63) is 59.4 Å². The number of anilines is 1. The van der Waals surface area contributed by atoms with Crippen LogP contribution in [-0.2, 0) is 6.54 Å². The molecule has 1 aliphatic heterocycles. The first kappa shape index (κ1) is 15.5. The second-order valence-corrected chi connectivity index (χ2v) is 5.89. The van der Waals surface area contributed by atoms with E-state index in [2.05, 4.69) is 11.8 Å². The van der Waals surface area contributed by atoms with Gasteiger partial charge in [-0.05, 0) is 49.2 Å². The minimum atomic E-state index is -0.235. The van der Waals surface area contributed by atoms with Crippen LogP contribution < -0.4 is 9.64 Å². The van der Waals surface area contributed by atoms with Crippen LogP contribution in [0.4, 0.5) is 10.1 Å². The molecule has 0 bridgehead atoms. The van der Waals surface area contributed by atoms with Crippen LogP contribution in [0.5, 0.6) is 5.75 Å². The number of nitrogens with zero attached hydrogens (tertiary/aromatic N) is 1. The fraction of sp³-hybridized carbons (Fsp3) is 0.316. The van der Waals surface area contributed by atoms with Gasteiger partial charge in [0.2, 0.25) is 0 Å². The summed E-state index contributed by atoms with van der Waals surface area (Å²) in [6, 6.07) is 12.1. The lowest BCUT2D eigenvalue weighted by atomic mass is 10.1. The molecule has 23 heavy (non-hydrogen) atoms. The highest BCUT2D eigenvalue weighted by molar-refractivity contribution is 5.95. The first-order chi connectivity index (χ1) is 11.1. The summed E-state index contributed by atoms with van der Waals surface area (Å²) in [5.41, 5.74) is 2.63. The van der Waals surface area contributed by atoms with E-state index in [1.165, 1.54) is 12.1 Å². The Kier molecular flexibility index (Phi) is 4.33. The number of benzene rings is 2. The number of fused-ring (bicyclic) bond motifs is 1. The van der Waals surface area contributed by atoms with Gasteiger partial charge in [0, 0.05) is 12.1 Å². The number of ether oxygens (including phenoxy) is 1. The molecule has 2 aromatic carbocycles. The highest BCUT2D eigenvalue weighted by Crippen LogP contribution is 2.36.